The molecule has 1 aromatic heterocycles. The molecule has 9 heteroatoms. The van der Waals surface area contributed by atoms with Crippen LogP contribution in [0.1, 0.15) is 0 Å². The van der Waals surface area contributed by atoms with E-state index in [1.165, 1.54) is 92.3 Å². The maximum atomic E-state index is 7.89. The molecule has 6 aliphatic rings. The molecule has 0 spiro atoms. The molecule has 14 aromatic carbocycles. The second-order valence-electron chi connectivity index (χ2n) is 25.3. The predicted molar refractivity (Wildman–Crippen MR) is 395 cm³/mol. The Hall–Kier alpha value is -11.5. The zero-order valence-electron chi connectivity index (χ0n) is 50.3. The molecular weight excluding hydrogens is 1150 g/mol. The summed E-state index contributed by atoms with van der Waals surface area (Å²) < 4.78 is 10.5. The molecule has 6 aliphatic heterocycles. The third-order valence-corrected chi connectivity index (χ3v) is 21.8. The minimum Gasteiger partial charge on any atom is -0.458 e. The van der Waals surface area contributed by atoms with Gasteiger partial charge in [-0.2, -0.15) is 0 Å². The molecule has 0 N–H and O–H groups in total. The van der Waals surface area contributed by atoms with Gasteiger partial charge in [0.25, 0.3) is 20.1 Å². The first-order valence-corrected chi connectivity index (χ1v) is 33.1. The molecule has 0 aliphatic carbocycles. The zero-order valence-corrected chi connectivity index (χ0v) is 51.1. The molecule has 21 rings (SSSR count). The molecule has 93 heavy (non-hydrogen) atoms. The van der Waals surface area contributed by atoms with Crippen LogP contribution in [0, 0.1) is 0 Å². The van der Waals surface area contributed by atoms with Crippen molar-refractivity contribution in [2.24, 2.45) is 0 Å². The molecule has 0 radical (unpaired) electrons. The van der Waals surface area contributed by atoms with E-state index in [0.717, 1.165) is 90.2 Å². The highest BCUT2D eigenvalue weighted by Gasteiger charge is 2.53. The first-order chi connectivity index (χ1) is 46.2. The van der Waals surface area contributed by atoms with Crippen LogP contribution in [-0.4, -0.2) is 20.1 Å². The topological polar surface area (TPSA) is 22.2 Å². The minimum absolute atomic E-state index is 0.0456. The van der Waals surface area contributed by atoms with E-state index in [1.54, 1.807) is 0 Å². The summed E-state index contributed by atoms with van der Waals surface area (Å²) in [6.07, 6.45) is 0. The number of para-hydroxylation sites is 7. The summed E-state index contributed by atoms with van der Waals surface area (Å²) in [6.45, 7) is -0.406. The van der Waals surface area contributed by atoms with Crippen molar-refractivity contribution in [3.05, 3.63) is 309 Å². The van der Waals surface area contributed by atoms with Crippen molar-refractivity contribution in [2.45, 2.75) is 0 Å². The van der Waals surface area contributed by atoms with E-state index >= 15 is 0 Å². The normalized spacial score (nSPS) is 13.7. The van der Waals surface area contributed by atoms with Gasteiger partial charge in [0.15, 0.2) is 0 Å². The molecule has 7 heterocycles. The van der Waals surface area contributed by atoms with Crippen molar-refractivity contribution in [1.29, 1.82) is 0 Å². The maximum absolute atomic E-state index is 7.89. The fourth-order valence-corrected chi connectivity index (χ4v) is 18.0. The Morgan fingerprint density at radius 3 is 1.30 bits per heavy atom. The smallest absolute Gasteiger partial charge is 0.256 e. The number of rotatable bonds is 6. The standard InChI is InChI=1S/C84H51B3N4OS/c1-5-24-52(25-6-1)58-33-23-34-59(53-26-7-2-8-27-53)83(58)91-72-51-76-67(87-63-36-15-19-40-69(63)88(56-28-9-3-10-29-56)73-47-55(48-77(92-76)80(73)87)54-44-45-79-61(46-54)60-32-13-22-43-78(60)93-79)49-66(72)86-65-38-17-21-42-71(65)90-70-41-20-16-37-64(70)85-62-35-14-18-39-68(62)89(57-30-11-4-12-31-57)74-50-75(91)82(86)84(90)81(74)85/h1-51H. The van der Waals surface area contributed by atoms with E-state index in [9.17, 15) is 0 Å². The number of anilines is 12. The number of thiophene rings is 1. The molecule has 428 valence electrons. The molecule has 0 bridgehead atoms. The van der Waals surface area contributed by atoms with E-state index in [4.69, 9.17) is 4.74 Å². The average molecular weight is 1200 g/mol. The lowest BCUT2D eigenvalue weighted by molar-refractivity contribution is 0.488. The Morgan fingerprint density at radius 1 is 0.247 bits per heavy atom. The van der Waals surface area contributed by atoms with Gasteiger partial charge in [0.2, 0.25) is 0 Å². The highest BCUT2D eigenvalue weighted by atomic mass is 32.1. The summed E-state index contributed by atoms with van der Waals surface area (Å²) in [5.74, 6) is 1.71. The maximum Gasteiger partial charge on any atom is 0.256 e. The van der Waals surface area contributed by atoms with Crippen LogP contribution in [0.4, 0.5) is 68.2 Å². The number of hydrogen-bond acceptors (Lipinski definition) is 6. The van der Waals surface area contributed by atoms with Gasteiger partial charge >= 0.3 is 0 Å². The van der Waals surface area contributed by atoms with Gasteiger partial charge in [-0.1, -0.05) is 218 Å². The Labute approximate surface area is 544 Å². The highest BCUT2D eigenvalue weighted by molar-refractivity contribution is 7.25. The lowest BCUT2D eigenvalue weighted by atomic mass is 9.28. The van der Waals surface area contributed by atoms with Crippen LogP contribution >= 0.6 is 11.3 Å². The third-order valence-electron chi connectivity index (χ3n) is 20.6. The monoisotopic (exact) mass is 1200 g/mol. The van der Waals surface area contributed by atoms with E-state index < -0.39 is 0 Å². The van der Waals surface area contributed by atoms with Crippen LogP contribution in [-0.2, 0) is 0 Å². The lowest BCUT2D eigenvalue weighted by Crippen LogP contribution is -2.69. The van der Waals surface area contributed by atoms with Crippen molar-refractivity contribution < 1.29 is 4.74 Å². The van der Waals surface area contributed by atoms with Gasteiger partial charge < -0.3 is 24.3 Å². The van der Waals surface area contributed by atoms with Crippen LogP contribution < -0.4 is 73.5 Å². The second-order valence-corrected chi connectivity index (χ2v) is 26.4. The van der Waals surface area contributed by atoms with E-state index in [1.807, 2.05) is 11.3 Å². The second kappa shape index (κ2) is 19.5. The SMILES string of the molecule is c1ccc(-c2cccc(-c3ccccc3)c2N2c3cc4c(cc3B3c5ccccc5N5c6ccccc6B6c7ccccc7N(c7ccccc7)c7cc2c3c5c76)B2c3ccccc3N(c3ccccc3)c3cc(-c5ccc6sc7ccccc7c6c5)cc(c32)O4)cc1. The summed E-state index contributed by atoms with van der Waals surface area (Å²) in [7, 11) is 0. The molecule has 0 unspecified atom stereocenters. The van der Waals surface area contributed by atoms with Crippen LogP contribution in [0.5, 0.6) is 11.5 Å². The zero-order chi connectivity index (χ0) is 60.6. The average Bonchev–Trinajstić information content (AvgIpc) is 1.36. The van der Waals surface area contributed by atoms with E-state index in [-0.39, 0.29) is 20.1 Å². The van der Waals surface area contributed by atoms with Gasteiger partial charge in [-0.15, -0.1) is 11.3 Å². The first-order valence-electron chi connectivity index (χ1n) is 32.2. The van der Waals surface area contributed by atoms with Gasteiger partial charge in [-0.05, 0) is 156 Å². The first kappa shape index (κ1) is 51.3. The summed E-state index contributed by atoms with van der Waals surface area (Å²) >= 11 is 1.86. The van der Waals surface area contributed by atoms with Crippen molar-refractivity contribution in [3.63, 3.8) is 0 Å². The lowest BCUT2D eigenvalue weighted by Gasteiger charge is -2.51. The van der Waals surface area contributed by atoms with Crippen LogP contribution in [0.25, 0.3) is 53.6 Å². The van der Waals surface area contributed by atoms with Crippen LogP contribution in [0.3, 0.4) is 0 Å². The van der Waals surface area contributed by atoms with Gasteiger partial charge in [-0.3, -0.25) is 0 Å². The predicted octanol–water partition coefficient (Wildman–Crippen LogP) is 16.2. The van der Waals surface area contributed by atoms with Gasteiger partial charge in [0.05, 0.1) is 5.69 Å². The fraction of sp³-hybridized carbons (Fsp3) is 0. The van der Waals surface area contributed by atoms with Crippen molar-refractivity contribution in [2.75, 3.05) is 19.6 Å². The molecule has 0 atom stereocenters. The Bertz CT molecular complexity index is 5620. The molecule has 15 aromatic rings. The molecule has 0 fully saturated rings. The summed E-state index contributed by atoms with van der Waals surface area (Å²) in [6, 6.07) is 116. The number of benzene rings is 14. The van der Waals surface area contributed by atoms with Gasteiger partial charge in [-0.25, -0.2) is 0 Å². The van der Waals surface area contributed by atoms with Gasteiger partial charge in [0.1, 0.15) is 11.5 Å². The van der Waals surface area contributed by atoms with E-state index in [2.05, 4.69) is 329 Å². The molecule has 0 amide bonds. The van der Waals surface area contributed by atoms with E-state index in [0.29, 0.717) is 0 Å². The Morgan fingerprint density at radius 2 is 0.710 bits per heavy atom. The molecular formula is C84H51B3N4OS. The summed E-state index contributed by atoms with van der Waals surface area (Å²) in [5, 5.41) is 2.55. The Kier molecular flexibility index (Phi) is 10.8. The number of fused-ring (bicyclic) bond motifs is 17. The number of nitrogens with zero attached hydrogens (tertiary/aromatic N) is 4. The fourth-order valence-electron chi connectivity index (χ4n) is 16.9. The highest BCUT2D eigenvalue weighted by Crippen LogP contribution is 2.54. The van der Waals surface area contributed by atoms with Crippen LogP contribution in [0.2, 0.25) is 0 Å². The molecule has 0 saturated carbocycles. The minimum atomic E-state index is -0.187. The van der Waals surface area contributed by atoms with Crippen molar-refractivity contribution in [1.82, 2.24) is 0 Å². The summed E-state index contributed by atoms with van der Waals surface area (Å²) in [5.41, 5.74) is 31.9. The molecule has 0 saturated heterocycles. The summed E-state index contributed by atoms with van der Waals surface area (Å²) in [4.78, 5) is 10.3. The number of ether oxygens (including phenoxy) is 1. The van der Waals surface area contributed by atoms with Crippen molar-refractivity contribution >= 4 is 169 Å². The van der Waals surface area contributed by atoms with Crippen LogP contribution in [0.15, 0.2) is 309 Å². The quantitative estimate of drug-likeness (QED) is 0.154. The van der Waals surface area contributed by atoms with Gasteiger partial charge in [0, 0.05) is 99.9 Å². The third kappa shape index (κ3) is 7.20. The Balaban J connectivity index is 0.893. The van der Waals surface area contributed by atoms with Crippen molar-refractivity contribution in [3.8, 4) is 44.9 Å². The largest absolute Gasteiger partial charge is 0.458 e. The molecule has 5 nitrogen and oxygen atoms in total. The number of hydrogen-bond donors (Lipinski definition) is 0.